The van der Waals surface area contributed by atoms with Gasteiger partial charge in [0.05, 0.1) is 11.1 Å². The van der Waals surface area contributed by atoms with Crippen LogP contribution in [0.15, 0.2) is 42.5 Å². The molecule has 1 unspecified atom stereocenters. The average molecular weight is 290 g/mol. The van der Waals surface area contributed by atoms with E-state index in [0.717, 1.165) is 5.75 Å². The number of benzene rings is 2. The van der Waals surface area contributed by atoms with Crippen LogP contribution in [0.4, 0.5) is 0 Å². The molecule has 0 aliphatic rings. The van der Waals surface area contributed by atoms with Gasteiger partial charge < -0.3 is 10.1 Å². The second-order valence-corrected chi connectivity index (χ2v) is 5.35. The molecule has 0 saturated heterocycles. The third-order valence-corrected chi connectivity index (χ3v) is 3.71. The van der Waals surface area contributed by atoms with E-state index in [2.05, 4.69) is 37.4 Å². The number of ether oxygens (including phenoxy) is 1. The van der Waals surface area contributed by atoms with Crippen LogP contribution in [-0.4, -0.2) is 13.7 Å². The van der Waals surface area contributed by atoms with E-state index in [-0.39, 0.29) is 6.04 Å². The van der Waals surface area contributed by atoms with Crippen molar-refractivity contribution in [2.75, 3.05) is 13.7 Å². The molecule has 106 valence electrons. The monoisotopic (exact) mass is 289 g/mol. The summed E-state index contributed by atoms with van der Waals surface area (Å²) in [5.41, 5.74) is 3.78. The zero-order valence-corrected chi connectivity index (χ0v) is 12.9. The van der Waals surface area contributed by atoms with Crippen molar-refractivity contribution in [1.29, 1.82) is 0 Å². The van der Waals surface area contributed by atoms with Gasteiger partial charge in [0.1, 0.15) is 12.4 Å². The van der Waals surface area contributed by atoms with Crippen molar-refractivity contribution in [2.24, 2.45) is 0 Å². The summed E-state index contributed by atoms with van der Waals surface area (Å²) in [5.74, 6) is 0.722. The van der Waals surface area contributed by atoms with Gasteiger partial charge in [-0.05, 0) is 44.2 Å². The van der Waals surface area contributed by atoms with E-state index in [1.54, 1.807) is 0 Å². The largest absolute Gasteiger partial charge is 0.490 e. The molecule has 0 spiro atoms. The van der Waals surface area contributed by atoms with Gasteiger partial charge in [0.25, 0.3) is 0 Å². The Morgan fingerprint density at radius 2 is 1.90 bits per heavy atom. The van der Waals surface area contributed by atoms with Gasteiger partial charge in [-0.1, -0.05) is 47.5 Å². The van der Waals surface area contributed by atoms with E-state index in [9.17, 15) is 0 Å². The number of rotatable bonds is 5. The topological polar surface area (TPSA) is 21.3 Å². The van der Waals surface area contributed by atoms with Crippen LogP contribution in [-0.2, 0) is 0 Å². The highest BCUT2D eigenvalue weighted by molar-refractivity contribution is 6.32. The summed E-state index contributed by atoms with van der Waals surface area (Å²) in [5, 5.41) is 3.95. The first kappa shape index (κ1) is 14.9. The predicted octanol–water partition coefficient (Wildman–Crippen LogP) is 4.30. The Balaban J connectivity index is 2.13. The summed E-state index contributed by atoms with van der Waals surface area (Å²) in [6, 6.07) is 14.2. The van der Waals surface area contributed by atoms with Gasteiger partial charge in [0.2, 0.25) is 0 Å². The number of halogens is 1. The van der Waals surface area contributed by atoms with E-state index in [0.29, 0.717) is 11.6 Å². The zero-order chi connectivity index (χ0) is 14.5. The summed E-state index contributed by atoms with van der Waals surface area (Å²) in [7, 11) is 1.95. The maximum Gasteiger partial charge on any atom is 0.137 e. The van der Waals surface area contributed by atoms with Gasteiger partial charge in [0.15, 0.2) is 0 Å². The van der Waals surface area contributed by atoms with Crippen LogP contribution in [0, 0.1) is 13.8 Å². The standard InChI is InChI=1S/C17H20ClNO/c1-12-8-9-13(2)14(10-12)16(19-3)11-20-17-7-5-4-6-15(17)18/h4-10,16,19H,11H2,1-3H3. The van der Waals surface area contributed by atoms with E-state index < -0.39 is 0 Å². The summed E-state index contributed by atoms with van der Waals surface area (Å²) < 4.78 is 5.84. The molecular formula is C17H20ClNO. The number of hydrogen-bond acceptors (Lipinski definition) is 2. The third kappa shape index (κ3) is 3.53. The highest BCUT2D eigenvalue weighted by Gasteiger charge is 2.13. The molecule has 20 heavy (non-hydrogen) atoms. The van der Waals surface area contributed by atoms with Crippen molar-refractivity contribution in [3.63, 3.8) is 0 Å². The quantitative estimate of drug-likeness (QED) is 0.886. The lowest BCUT2D eigenvalue weighted by Gasteiger charge is -2.20. The van der Waals surface area contributed by atoms with Gasteiger partial charge in [-0.3, -0.25) is 0 Å². The van der Waals surface area contributed by atoms with Crippen molar-refractivity contribution in [3.8, 4) is 5.75 Å². The lowest BCUT2D eigenvalue weighted by atomic mass is 9.99. The van der Waals surface area contributed by atoms with Crippen LogP contribution in [0.5, 0.6) is 5.75 Å². The first-order chi connectivity index (χ1) is 9.61. The van der Waals surface area contributed by atoms with Crippen LogP contribution >= 0.6 is 11.6 Å². The van der Waals surface area contributed by atoms with Crippen LogP contribution < -0.4 is 10.1 Å². The Hall–Kier alpha value is -1.51. The molecule has 2 aromatic rings. The fourth-order valence-electron chi connectivity index (χ4n) is 2.20. The summed E-state index contributed by atoms with van der Waals surface area (Å²) in [4.78, 5) is 0. The van der Waals surface area contributed by atoms with Crippen LogP contribution in [0.25, 0.3) is 0 Å². The van der Waals surface area contributed by atoms with Crippen LogP contribution in [0.2, 0.25) is 5.02 Å². The van der Waals surface area contributed by atoms with Gasteiger partial charge in [-0.15, -0.1) is 0 Å². The number of nitrogens with one attached hydrogen (secondary N) is 1. The lowest BCUT2D eigenvalue weighted by Crippen LogP contribution is -2.24. The normalized spacial score (nSPS) is 12.2. The van der Waals surface area contributed by atoms with E-state index in [1.165, 1.54) is 16.7 Å². The number of likely N-dealkylation sites (N-methyl/N-ethyl adjacent to an activating group) is 1. The molecule has 3 heteroatoms. The molecular weight excluding hydrogens is 270 g/mol. The molecule has 0 aliphatic carbocycles. The number of hydrogen-bond donors (Lipinski definition) is 1. The first-order valence-corrected chi connectivity index (χ1v) is 7.11. The van der Waals surface area contributed by atoms with E-state index in [4.69, 9.17) is 16.3 Å². The smallest absolute Gasteiger partial charge is 0.137 e. The molecule has 0 heterocycles. The van der Waals surface area contributed by atoms with Gasteiger partial charge in [-0.2, -0.15) is 0 Å². The molecule has 0 bridgehead atoms. The van der Waals surface area contributed by atoms with Crippen molar-refractivity contribution < 1.29 is 4.74 Å². The molecule has 1 N–H and O–H groups in total. The van der Waals surface area contributed by atoms with Crippen LogP contribution in [0.3, 0.4) is 0 Å². The fourth-order valence-corrected chi connectivity index (χ4v) is 2.39. The predicted molar refractivity (Wildman–Crippen MR) is 84.7 cm³/mol. The SMILES string of the molecule is CNC(COc1ccccc1Cl)c1cc(C)ccc1C. The maximum absolute atomic E-state index is 6.11. The molecule has 0 radical (unpaired) electrons. The molecule has 0 saturated carbocycles. The molecule has 0 amide bonds. The minimum atomic E-state index is 0.145. The molecule has 2 nitrogen and oxygen atoms in total. The minimum absolute atomic E-state index is 0.145. The molecule has 2 rings (SSSR count). The molecule has 0 aliphatic heterocycles. The Labute approximate surface area is 125 Å². The fraction of sp³-hybridized carbons (Fsp3) is 0.294. The van der Waals surface area contributed by atoms with Gasteiger partial charge in [0, 0.05) is 0 Å². The highest BCUT2D eigenvalue weighted by atomic mass is 35.5. The number of para-hydroxylation sites is 1. The Bertz CT molecular complexity index is 583. The minimum Gasteiger partial charge on any atom is -0.490 e. The first-order valence-electron chi connectivity index (χ1n) is 6.73. The Kier molecular flexibility index (Phi) is 5.05. The molecule has 1 atom stereocenters. The molecule has 2 aromatic carbocycles. The number of aryl methyl sites for hydroxylation is 2. The average Bonchev–Trinajstić information content (AvgIpc) is 2.45. The van der Waals surface area contributed by atoms with Crippen molar-refractivity contribution in [1.82, 2.24) is 5.32 Å². The summed E-state index contributed by atoms with van der Waals surface area (Å²) in [6.07, 6.45) is 0. The van der Waals surface area contributed by atoms with E-state index >= 15 is 0 Å². The van der Waals surface area contributed by atoms with Crippen molar-refractivity contribution in [2.45, 2.75) is 19.9 Å². The summed E-state index contributed by atoms with van der Waals surface area (Å²) >= 11 is 6.11. The van der Waals surface area contributed by atoms with Crippen molar-refractivity contribution >= 4 is 11.6 Å². The summed E-state index contributed by atoms with van der Waals surface area (Å²) in [6.45, 7) is 4.77. The second kappa shape index (κ2) is 6.78. The Morgan fingerprint density at radius 3 is 2.60 bits per heavy atom. The molecule has 0 aromatic heterocycles. The maximum atomic E-state index is 6.11. The van der Waals surface area contributed by atoms with E-state index in [1.807, 2.05) is 31.3 Å². The van der Waals surface area contributed by atoms with Gasteiger partial charge in [-0.25, -0.2) is 0 Å². The zero-order valence-electron chi connectivity index (χ0n) is 12.1. The second-order valence-electron chi connectivity index (χ2n) is 4.94. The molecule has 0 fully saturated rings. The van der Waals surface area contributed by atoms with Crippen molar-refractivity contribution in [3.05, 3.63) is 64.2 Å². The Morgan fingerprint density at radius 1 is 1.15 bits per heavy atom. The third-order valence-electron chi connectivity index (χ3n) is 3.40. The highest BCUT2D eigenvalue weighted by Crippen LogP contribution is 2.25. The van der Waals surface area contributed by atoms with Crippen LogP contribution in [0.1, 0.15) is 22.7 Å². The van der Waals surface area contributed by atoms with Gasteiger partial charge >= 0.3 is 0 Å². The lowest BCUT2D eigenvalue weighted by molar-refractivity contribution is 0.273.